The summed E-state index contributed by atoms with van der Waals surface area (Å²) in [7, 11) is 0. The molecule has 2 N–H and O–H groups in total. The third-order valence-electron chi connectivity index (χ3n) is 3.22. The fourth-order valence-corrected chi connectivity index (χ4v) is 2.26. The van der Waals surface area contributed by atoms with Crippen molar-refractivity contribution < 1.29 is 4.39 Å². The number of anilines is 1. The Morgan fingerprint density at radius 3 is 2.57 bits per heavy atom. The van der Waals surface area contributed by atoms with Crippen molar-refractivity contribution in [3.8, 4) is 11.1 Å². The van der Waals surface area contributed by atoms with Crippen molar-refractivity contribution in [2.24, 2.45) is 0 Å². The van der Waals surface area contributed by atoms with Crippen LogP contribution in [0.25, 0.3) is 11.1 Å². The van der Waals surface area contributed by atoms with Gasteiger partial charge in [-0.05, 0) is 29.8 Å². The monoisotopic (exact) mass is 301 g/mol. The number of hydrogen-bond donors (Lipinski definition) is 1. The van der Waals surface area contributed by atoms with Crippen LogP contribution in [0.4, 0.5) is 10.1 Å². The van der Waals surface area contributed by atoms with Crippen LogP contribution in [0.2, 0.25) is 5.02 Å². The predicted molar refractivity (Wildman–Crippen MR) is 82.6 cm³/mol. The molecule has 0 saturated carbocycles. The molecule has 3 rings (SSSR count). The van der Waals surface area contributed by atoms with Crippen molar-refractivity contribution in [2.45, 2.75) is 6.54 Å². The van der Waals surface area contributed by atoms with Gasteiger partial charge in [0.2, 0.25) is 0 Å². The second-order valence-corrected chi connectivity index (χ2v) is 5.22. The van der Waals surface area contributed by atoms with E-state index in [2.05, 4.69) is 5.10 Å². The number of nitrogens with two attached hydrogens (primary N) is 1. The highest BCUT2D eigenvalue weighted by Crippen LogP contribution is 2.21. The Labute approximate surface area is 126 Å². The minimum atomic E-state index is -0.327. The number of rotatable bonds is 3. The van der Waals surface area contributed by atoms with Crippen molar-refractivity contribution in [3.63, 3.8) is 0 Å². The molecule has 0 aliphatic heterocycles. The van der Waals surface area contributed by atoms with E-state index in [9.17, 15) is 4.39 Å². The average molecular weight is 302 g/mol. The van der Waals surface area contributed by atoms with Crippen molar-refractivity contribution in [3.05, 3.63) is 71.3 Å². The first-order valence-corrected chi connectivity index (χ1v) is 6.82. The molecule has 1 aromatic heterocycles. The van der Waals surface area contributed by atoms with Crippen molar-refractivity contribution in [1.29, 1.82) is 0 Å². The maximum atomic E-state index is 13.8. The zero-order valence-electron chi connectivity index (χ0n) is 11.1. The Morgan fingerprint density at radius 2 is 1.86 bits per heavy atom. The van der Waals surface area contributed by atoms with Crippen LogP contribution in [0.5, 0.6) is 0 Å². The molecular formula is C16H13ClFN3. The lowest BCUT2D eigenvalue weighted by molar-refractivity contribution is 0.585. The highest BCUT2D eigenvalue weighted by molar-refractivity contribution is 6.30. The van der Waals surface area contributed by atoms with Gasteiger partial charge in [0.1, 0.15) is 5.82 Å². The molecule has 0 amide bonds. The van der Waals surface area contributed by atoms with E-state index in [4.69, 9.17) is 17.3 Å². The molecule has 0 spiro atoms. The van der Waals surface area contributed by atoms with Gasteiger partial charge in [0, 0.05) is 28.0 Å². The van der Waals surface area contributed by atoms with Gasteiger partial charge in [-0.2, -0.15) is 5.10 Å². The Hall–Kier alpha value is -2.33. The van der Waals surface area contributed by atoms with Gasteiger partial charge in [-0.3, -0.25) is 4.68 Å². The van der Waals surface area contributed by atoms with E-state index in [1.165, 1.54) is 6.07 Å². The van der Waals surface area contributed by atoms with Crippen LogP contribution in [-0.2, 0) is 6.54 Å². The van der Waals surface area contributed by atoms with Crippen LogP contribution in [-0.4, -0.2) is 9.78 Å². The van der Waals surface area contributed by atoms with E-state index in [1.54, 1.807) is 23.0 Å². The fraction of sp³-hybridized carbons (Fsp3) is 0.0625. The van der Waals surface area contributed by atoms with Crippen LogP contribution >= 0.6 is 11.6 Å². The van der Waals surface area contributed by atoms with E-state index in [0.29, 0.717) is 17.1 Å². The summed E-state index contributed by atoms with van der Waals surface area (Å²) in [6.07, 6.45) is 3.62. The molecule has 0 aliphatic carbocycles. The van der Waals surface area contributed by atoms with Crippen molar-refractivity contribution in [1.82, 2.24) is 9.78 Å². The van der Waals surface area contributed by atoms with Gasteiger partial charge in [0.15, 0.2) is 0 Å². The number of aromatic nitrogens is 2. The third-order valence-corrected chi connectivity index (χ3v) is 3.46. The zero-order valence-corrected chi connectivity index (χ0v) is 11.9. The van der Waals surface area contributed by atoms with Crippen LogP contribution in [0.15, 0.2) is 54.9 Å². The molecule has 2 aromatic carbocycles. The first kappa shape index (κ1) is 13.6. The summed E-state index contributed by atoms with van der Waals surface area (Å²) in [6.45, 7) is 0.359. The van der Waals surface area contributed by atoms with E-state index in [0.717, 1.165) is 16.8 Å². The molecule has 3 nitrogen and oxygen atoms in total. The van der Waals surface area contributed by atoms with Crippen LogP contribution in [0.3, 0.4) is 0 Å². The zero-order chi connectivity index (χ0) is 14.8. The lowest BCUT2D eigenvalue weighted by Gasteiger charge is -2.04. The average Bonchev–Trinajstić information content (AvgIpc) is 2.91. The molecule has 3 aromatic rings. The predicted octanol–water partition coefficient (Wildman–Crippen LogP) is 3.97. The Kier molecular flexibility index (Phi) is 3.62. The quantitative estimate of drug-likeness (QED) is 0.744. The molecule has 0 fully saturated rings. The number of nitrogens with zero attached hydrogens (tertiary/aromatic N) is 2. The van der Waals surface area contributed by atoms with Gasteiger partial charge in [-0.1, -0.05) is 29.8 Å². The van der Waals surface area contributed by atoms with Crippen LogP contribution < -0.4 is 5.73 Å². The Bertz CT molecular complexity index is 765. The summed E-state index contributed by atoms with van der Waals surface area (Å²) in [5.74, 6) is -0.327. The molecule has 0 saturated heterocycles. The second kappa shape index (κ2) is 5.58. The summed E-state index contributed by atoms with van der Waals surface area (Å²) in [6, 6.07) is 12.2. The molecule has 0 aliphatic rings. The molecule has 0 bridgehead atoms. The largest absolute Gasteiger partial charge is 0.399 e. The lowest BCUT2D eigenvalue weighted by Crippen LogP contribution is -2.02. The molecule has 0 atom stereocenters. The molecule has 1 heterocycles. The molecular weight excluding hydrogens is 289 g/mol. The lowest BCUT2D eigenvalue weighted by atomic mass is 10.1. The molecule has 0 radical (unpaired) electrons. The van der Waals surface area contributed by atoms with Crippen LogP contribution in [0, 0.1) is 5.82 Å². The summed E-state index contributed by atoms with van der Waals surface area (Å²) >= 11 is 5.74. The number of hydrogen-bond acceptors (Lipinski definition) is 2. The smallest absolute Gasteiger partial charge is 0.129 e. The Balaban J connectivity index is 1.83. The molecule has 21 heavy (non-hydrogen) atoms. The first-order valence-electron chi connectivity index (χ1n) is 6.44. The van der Waals surface area contributed by atoms with Gasteiger partial charge in [-0.25, -0.2) is 4.39 Å². The van der Waals surface area contributed by atoms with E-state index >= 15 is 0 Å². The third kappa shape index (κ3) is 3.06. The summed E-state index contributed by atoms with van der Waals surface area (Å²) in [5.41, 5.74) is 8.92. The molecule has 0 unspecified atom stereocenters. The van der Waals surface area contributed by atoms with Gasteiger partial charge < -0.3 is 5.73 Å². The van der Waals surface area contributed by atoms with Gasteiger partial charge in [-0.15, -0.1) is 0 Å². The standard InChI is InChI=1S/C16H13ClFN3/c17-14-4-1-12(16(18)7-14)9-21-10-13(8-20-21)11-2-5-15(19)6-3-11/h1-8,10H,9,19H2. The van der Waals surface area contributed by atoms with Crippen molar-refractivity contribution >= 4 is 17.3 Å². The van der Waals surface area contributed by atoms with Gasteiger partial charge >= 0.3 is 0 Å². The van der Waals surface area contributed by atoms with Gasteiger partial charge in [0.05, 0.1) is 12.7 Å². The molecule has 106 valence electrons. The van der Waals surface area contributed by atoms with E-state index in [1.807, 2.05) is 30.5 Å². The van der Waals surface area contributed by atoms with Gasteiger partial charge in [0.25, 0.3) is 0 Å². The second-order valence-electron chi connectivity index (χ2n) is 4.78. The Morgan fingerprint density at radius 1 is 1.10 bits per heavy atom. The van der Waals surface area contributed by atoms with Crippen molar-refractivity contribution in [2.75, 3.05) is 5.73 Å². The summed E-state index contributed by atoms with van der Waals surface area (Å²) < 4.78 is 15.5. The normalized spacial score (nSPS) is 10.8. The number of halogens is 2. The van der Waals surface area contributed by atoms with E-state index in [-0.39, 0.29) is 5.82 Å². The minimum Gasteiger partial charge on any atom is -0.399 e. The fourth-order valence-electron chi connectivity index (χ4n) is 2.10. The topological polar surface area (TPSA) is 43.8 Å². The highest BCUT2D eigenvalue weighted by Gasteiger charge is 2.06. The van der Waals surface area contributed by atoms with E-state index < -0.39 is 0 Å². The summed E-state index contributed by atoms with van der Waals surface area (Å²) in [4.78, 5) is 0. The maximum absolute atomic E-state index is 13.8. The number of nitrogen functional groups attached to an aromatic ring is 1. The summed E-state index contributed by atoms with van der Waals surface area (Å²) in [5, 5.41) is 4.65. The molecule has 5 heteroatoms. The number of benzene rings is 2. The first-order chi connectivity index (χ1) is 10.1. The SMILES string of the molecule is Nc1ccc(-c2cnn(Cc3ccc(Cl)cc3F)c2)cc1. The minimum absolute atomic E-state index is 0.327. The van der Waals surface area contributed by atoms with Crippen LogP contribution in [0.1, 0.15) is 5.56 Å². The highest BCUT2D eigenvalue weighted by atomic mass is 35.5. The maximum Gasteiger partial charge on any atom is 0.129 e.